The van der Waals surface area contributed by atoms with Gasteiger partial charge in [-0.15, -0.1) is 0 Å². The predicted octanol–water partition coefficient (Wildman–Crippen LogP) is 6.30. The smallest absolute Gasteiger partial charge is 0.0388 e. The Morgan fingerprint density at radius 1 is 0.812 bits per heavy atom. The fraction of sp³-hybridized carbons (Fsp3) is 1.00. The Kier molecular flexibility index (Phi) is 15.0. The molecule has 0 aromatic heterocycles. The molecular formula is C16H36. The molecule has 0 bridgehead atoms. The van der Waals surface area contributed by atoms with Gasteiger partial charge in [0.05, 0.1) is 0 Å². The minimum Gasteiger partial charge on any atom is -0.0656 e. The van der Waals surface area contributed by atoms with Crippen LogP contribution in [-0.4, -0.2) is 0 Å². The van der Waals surface area contributed by atoms with Crippen molar-refractivity contribution in [3.8, 4) is 0 Å². The second kappa shape index (κ2) is 13.1. The van der Waals surface area contributed by atoms with Gasteiger partial charge in [0.2, 0.25) is 0 Å². The van der Waals surface area contributed by atoms with Crippen molar-refractivity contribution in [3.05, 3.63) is 0 Å². The third-order valence-corrected chi connectivity index (χ3v) is 3.66. The SMILES string of the molecule is CCC.CCC1CCC(C)C1C.CCCC. The van der Waals surface area contributed by atoms with E-state index in [4.69, 9.17) is 0 Å². The topological polar surface area (TPSA) is 0 Å². The Bertz CT molecular complexity index is 115. The van der Waals surface area contributed by atoms with Crippen molar-refractivity contribution < 1.29 is 0 Å². The first-order valence-corrected chi connectivity index (χ1v) is 7.58. The molecule has 1 aliphatic rings. The average Bonchev–Trinajstić information content (AvgIpc) is 2.61. The molecule has 0 aromatic carbocycles. The Morgan fingerprint density at radius 2 is 1.25 bits per heavy atom. The molecule has 100 valence electrons. The summed E-state index contributed by atoms with van der Waals surface area (Å²) in [6.07, 6.45) is 8.24. The highest BCUT2D eigenvalue weighted by Gasteiger charge is 2.27. The first kappa shape index (κ1) is 18.4. The van der Waals surface area contributed by atoms with E-state index in [-0.39, 0.29) is 0 Å². The van der Waals surface area contributed by atoms with Crippen LogP contribution in [0.25, 0.3) is 0 Å². The van der Waals surface area contributed by atoms with Crippen molar-refractivity contribution >= 4 is 0 Å². The van der Waals surface area contributed by atoms with Crippen LogP contribution in [-0.2, 0) is 0 Å². The van der Waals surface area contributed by atoms with Crippen molar-refractivity contribution in [2.24, 2.45) is 17.8 Å². The van der Waals surface area contributed by atoms with Gasteiger partial charge >= 0.3 is 0 Å². The van der Waals surface area contributed by atoms with Gasteiger partial charge < -0.3 is 0 Å². The standard InChI is InChI=1S/C9H18.C4H10.C3H8/c1-4-9-6-5-7(2)8(9)3;1-3-4-2;1-3-2/h7-9H,4-6H2,1-3H3;3-4H2,1-2H3;3H2,1-2H3. The predicted molar refractivity (Wildman–Crippen MR) is 77.9 cm³/mol. The lowest BCUT2D eigenvalue weighted by Gasteiger charge is -2.15. The molecule has 16 heavy (non-hydrogen) atoms. The van der Waals surface area contributed by atoms with E-state index >= 15 is 0 Å². The molecule has 0 radical (unpaired) electrons. The van der Waals surface area contributed by atoms with E-state index in [1.165, 1.54) is 38.5 Å². The van der Waals surface area contributed by atoms with Crippen LogP contribution in [0.3, 0.4) is 0 Å². The summed E-state index contributed by atoms with van der Waals surface area (Å²) in [5.74, 6) is 3.03. The van der Waals surface area contributed by atoms with Gasteiger partial charge in [0.15, 0.2) is 0 Å². The molecule has 0 heterocycles. The fourth-order valence-corrected chi connectivity index (χ4v) is 2.04. The van der Waals surface area contributed by atoms with E-state index in [9.17, 15) is 0 Å². The molecule has 0 amide bonds. The highest BCUT2D eigenvalue weighted by Crippen LogP contribution is 2.37. The third kappa shape index (κ3) is 9.24. The van der Waals surface area contributed by atoms with Gasteiger partial charge in [0.1, 0.15) is 0 Å². The second-order valence-corrected chi connectivity index (χ2v) is 5.29. The monoisotopic (exact) mass is 228 g/mol. The number of hydrogen-bond donors (Lipinski definition) is 0. The van der Waals surface area contributed by atoms with Crippen molar-refractivity contribution in [1.29, 1.82) is 0 Å². The zero-order valence-electron chi connectivity index (χ0n) is 13.0. The third-order valence-electron chi connectivity index (χ3n) is 3.66. The highest BCUT2D eigenvalue weighted by atomic mass is 14.3. The van der Waals surface area contributed by atoms with Gasteiger partial charge in [-0.3, -0.25) is 0 Å². The summed E-state index contributed by atoms with van der Waals surface area (Å²) >= 11 is 0. The van der Waals surface area contributed by atoms with E-state index in [1.54, 1.807) is 0 Å². The lowest BCUT2D eigenvalue weighted by atomic mass is 9.91. The van der Waals surface area contributed by atoms with E-state index < -0.39 is 0 Å². The lowest BCUT2D eigenvalue weighted by Crippen LogP contribution is -2.07. The molecular weight excluding hydrogens is 192 g/mol. The molecule has 3 atom stereocenters. The van der Waals surface area contributed by atoms with Crippen molar-refractivity contribution in [2.75, 3.05) is 0 Å². The van der Waals surface area contributed by atoms with Crippen LogP contribution >= 0.6 is 0 Å². The summed E-state index contributed by atoms with van der Waals surface area (Å²) in [7, 11) is 0. The van der Waals surface area contributed by atoms with E-state index in [0.717, 1.165) is 17.8 Å². The molecule has 3 unspecified atom stereocenters. The first-order valence-electron chi connectivity index (χ1n) is 7.58. The van der Waals surface area contributed by atoms with Crippen LogP contribution in [0.15, 0.2) is 0 Å². The van der Waals surface area contributed by atoms with Crippen LogP contribution in [0.2, 0.25) is 0 Å². The zero-order chi connectivity index (χ0) is 13.0. The number of hydrogen-bond acceptors (Lipinski definition) is 0. The van der Waals surface area contributed by atoms with Crippen LogP contribution < -0.4 is 0 Å². The molecule has 1 rings (SSSR count). The minimum absolute atomic E-state index is 0.995. The average molecular weight is 228 g/mol. The molecule has 0 aliphatic heterocycles. The summed E-state index contributed by atoms with van der Waals surface area (Å²) < 4.78 is 0. The Morgan fingerprint density at radius 3 is 1.38 bits per heavy atom. The second-order valence-electron chi connectivity index (χ2n) is 5.29. The van der Waals surface area contributed by atoms with Crippen LogP contribution in [0.1, 0.15) is 87.0 Å². The maximum atomic E-state index is 2.41. The normalized spacial score (nSPS) is 27.6. The van der Waals surface area contributed by atoms with E-state index in [1.807, 2.05) is 0 Å². The van der Waals surface area contributed by atoms with E-state index in [0.29, 0.717) is 0 Å². The van der Waals surface area contributed by atoms with E-state index in [2.05, 4.69) is 48.5 Å². The molecule has 1 saturated carbocycles. The summed E-state index contributed by atoms with van der Waals surface area (Å²) in [6.45, 7) is 15.7. The van der Waals surface area contributed by atoms with Crippen molar-refractivity contribution in [2.45, 2.75) is 87.0 Å². The fourth-order valence-electron chi connectivity index (χ4n) is 2.04. The molecule has 0 spiro atoms. The molecule has 0 saturated heterocycles. The molecule has 0 nitrogen and oxygen atoms in total. The highest BCUT2D eigenvalue weighted by molar-refractivity contribution is 4.78. The number of rotatable bonds is 2. The van der Waals surface area contributed by atoms with Gasteiger partial charge in [-0.25, -0.2) is 0 Å². The van der Waals surface area contributed by atoms with Crippen LogP contribution in [0.5, 0.6) is 0 Å². The molecule has 1 aliphatic carbocycles. The molecule has 0 heteroatoms. The van der Waals surface area contributed by atoms with Gasteiger partial charge in [0, 0.05) is 0 Å². The molecule has 1 fully saturated rings. The summed E-state index contributed by atoms with van der Waals surface area (Å²) in [4.78, 5) is 0. The van der Waals surface area contributed by atoms with Crippen molar-refractivity contribution in [1.82, 2.24) is 0 Å². The van der Waals surface area contributed by atoms with Gasteiger partial charge in [0.25, 0.3) is 0 Å². The van der Waals surface area contributed by atoms with Crippen LogP contribution in [0, 0.1) is 17.8 Å². The summed E-state index contributed by atoms with van der Waals surface area (Å²) in [5.41, 5.74) is 0. The number of unbranched alkanes of at least 4 members (excludes halogenated alkanes) is 1. The summed E-state index contributed by atoms with van der Waals surface area (Å²) in [6, 6.07) is 0. The molecule has 0 aromatic rings. The Labute approximate surface area is 105 Å². The minimum atomic E-state index is 0.995. The lowest BCUT2D eigenvalue weighted by molar-refractivity contribution is 0.349. The van der Waals surface area contributed by atoms with Crippen molar-refractivity contribution in [3.63, 3.8) is 0 Å². The maximum Gasteiger partial charge on any atom is -0.0388 e. The Balaban J connectivity index is 0. The summed E-state index contributed by atoms with van der Waals surface area (Å²) in [5, 5.41) is 0. The first-order chi connectivity index (χ1) is 7.58. The maximum absolute atomic E-state index is 2.41. The molecule has 0 N–H and O–H groups in total. The Hall–Kier alpha value is 0. The van der Waals surface area contributed by atoms with Gasteiger partial charge in [-0.2, -0.15) is 0 Å². The van der Waals surface area contributed by atoms with Gasteiger partial charge in [-0.05, 0) is 24.2 Å². The quantitative estimate of drug-likeness (QED) is 0.520. The van der Waals surface area contributed by atoms with Crippen LogP contribution in [0.4, 0.5) is 0 Å². The largest absolute Gasteiger partial charge is 0.0656 e. The van der Waals surface area contributed by atoms with Gasteiger partial charge in [-0.1, -0.05) is 80.6 Å². The zero-order valence-corrected chi connectivity index (χ0v) is 13.0.